The van der Waals surface area contributed by atoms with Gasteiger partial charge in [0.1, 0.15) is 11.7 Å². The number of esters is 1. The van der Waals surface area contributed by atoms with Gasteiger partial charge in [-0.1, -0.05) is 20.8 Å². The van der Waals surface area contributed by atoms with E-state index in [0.717, 1.165) is 0 Å². The molecule has 0 aromatic carbocycles. The lowest BCUT2D eigenvalue weighted by Gasteiger charge is -2.58. The van der Waals surface area contributed by atoms with Crippen molar-refractivity contribution in [2.24, 2.45) is 0 Å². The molecular weight excluding hydrogens is 458 g/mol. The SMILES string of the molecule is CCOC(=O)C(F)(F)[C@@]1(O)C[C@H]2O[C@](C)(OC)[C@@](C)(OC)O[C@@H]2[C@H](O[Si](C)(C)C(C)(C)C)C1. The van der Waals surface area contributed by atoms with Crippen LogP contribution in [0.5, 0.6) is 0 Å². The van der Waals surface area contributed by atoms with Gasteiger partial charge >= 0.3 is 11.9 Å². The summed E-state index contributed by atoms with van der Waals surface area (Å²) in [6.07, 6.45) is -4.03. The summed E-state index contributed by atoms with van der Waals surface area (Å²) >= 11 is 0. The molecule has 11 heteroatoms. The normalized spacial score (nSPS) is 38.0. The molecule has 0 amide bonds. The van der Waals surface area contributed by atoms with Gasteiger partial charge in [-0.25, -0.2) is 4.79 Å². The van der Waals surface area contributed by atoms with Gasteiger partial charge in [0.2, 0.25) is 11.6 Å². The average Bonchev–Trinajstić information content (AvgIpc) is 2.68. The van der Waals surface area contributed by atoms with E-state index >= 15 is 8.78 Å². The summed E-state index contributed by atoms with van der Waals surface area (Å²) in [5, 5.41) is 11.0. The van der Waals surface area contributed by atoms with Crippen LogP contribution >= 0.6 is 0 Å². The summed E-state index contributed by atoms with van der Waals surface area (Å²) in [6, 6.07) is 0. The van der Waals surface area contributed by atoms with Gasteiger partial charge in [-0.05, 0) is 38.9 Å². The number of hydrogen-bond acceptors (Lipinski definition) is 8. The van der Waals surface area contributed by atoms with E-state index in [4.69, 9.17) is 23.4 Å². The molecular formula is C22H40F2O8Si. The van der Waals surface area contributed by atoms with Crippen LogP contribution in [0, 0.1) is 0 Å². The predicted octanol–water partition coefficient (Wildman–Crippen LogP) is 3.61. The number of rotatable bonds is 7. The zero-order valence-corrected chi connectivity index (χ0v) is 22.4. The molecule has 0 spiro atoms. The summed E-state index contributed by atoms with van der Waals surface area (Å²) in [4.78, 5) is 12.1. The van der Waals surface area contributed by atoms with E-state index in [2.05, 4.69) is 4.74 Å². The number of methoxy groups -OCH3 is 2. The molecule has 194 valence electrons. The third kappa shape index (κ3) is 4.87. The molecule has 2 rings (SSSR count). The molecule has 0 radical (unpaired) electrons. The first kappa shape index (κ1) is 28.5. The van der Waals surface area contributed by atoms with E-state index in [1.165, 1.54) is 21.1 Å². The zero-order chi connectivity index (χ0) is 25.7. The Balaban J connectivity index is 2.54. The Morgan fingerprint density at radius 2 is 1.61 bits per heavy atom. The van der Waals surface area contributed by atoms with Crippen molar-refractivity contribution in [2.45, 2.75) is 114 Å². The number of hydrogen-bond donors (Lipinski definition) is 1. The highest BCUT2D eigenvalue weighted by Crippen LogP contribution is 2.51. The number of carbonyl (C=O) groups is 1. The number of alkyl halides is 2. The maximum Gasteiger partial charge on any atom is 0.380 e. The zero-order valence-electron chi connectivity index (χ0n) is 21.4. The van der Waals surface area contributed by atoms with Crippen LogP contribution in [0.4, 0.5) is 8.78 Å². The molecule has 6 atom stereocenters. The molecule has 8 nitrogen and oxygen atoms in total. The molecule has 1 saturated heterocycles. The lowest BCUT2D eigenvalue weighted by atomic mass is 9.74. The second-order valence-corrected chi connectivity index (χ2v) is 15.4. The standard InChI is InChI=1S/C22H40F2O8Si/c1-11-29-17(25)22(23,24)21(26)12-14-16(15(13-21)32-33(9,10)18(2,3)4)31-20(6,28-8)19(5,27-7)30-14/h14-16,26H,11-13H2,1-10H3/t14-,15-,16+,19+,20+,21-/m1/s1. The molecule has 1 N–H and O–H groups in total. The van der Waals surface area contributed by atoms with E-state index in [9.17, 15) is 9.90 Å². The second-order valence-electron chi connectivity index (χ2n) is 10.7. The number of fused-ring (bicyclic) bond motifs is 1. The smallest absolute Gasteiger partial charge is 0.380 e. The Hall–Kier alpha value is -0.693. The molecule has 0 bridgehead atoms. The molecule has 2 fully saturated rings. The maximum absolute atomic E-state index is 15.2. The lowest BCUT2D eigenvalue weighted by Crippen LogP contribution is -2.73. The van der Waals surface area contributed by atoms with Crippen LogP contribution in [0.25, 0.3) is 0 Å². The van der Waals surface area contributed by atoms with Crippen LogP contribution < -0.4 is 0 Å². The molecule has 1 heterocycles. The Morgan fingerprint density at radius 1 is 1.09 bits per heavy atom. The van der Waals surface area contributed by atoms with Gasteiger partial charge in [0.05, 0.1) is 18.8 Å². The van der Waals surface area contributed by atoms with Crippen molar-refractivity contribution in [3.63, 3.8) is 0 Å². The van der Waals surface area contributed by atoms with Crippen molar-refractivity contribution in [1.29, 1.82) is 0 Å². The third-order valence-electron chi connectivity index (χ3n) is 7.52. The Bertz CT molecular complexity index is 730. The highest BCUT2D eigenvalue weighted by atomic mass is 28.4. The van der Waals surface area contributed by atoms with Gasteiger partial charge in [-0.3, -0.25) is 0 Å². The first-order valence-electron chi connectivity index (χ1n) is 11.2. The fourth-order valence-corrected chi connectivity index (χ4v) is 5.37. The van der Waals surface area contributed by atoms with Crippen molar-refractivity contribution in [1.82, 2.24) is 0 Å². The van der Waals surface area contributed by atoms with E-state index in [0.29, 0.717) is 0 Å². The van der Waals surface area contributed by atoms with Crippen molar-refractivity contribution >= 4 is 14.3 Å². The Kier molecular flexibility index (Phi) is 7.84. The van der Waals surface area contributed by atoms with E-state index in [-0.39, 0.29) is 11.6 Å². The van der Waals surface area contributed by atoms with Crippen LogP contribution in [-0.4, -0.2) is 81.6 Å². The first-order chi connectivity index (χ1) is 14.8. The fraction of sp³-hybridized carbons (Fsp3) is 0.955. The Labute approximate surface area is 196 Å². The summed E-state index contributed by atoms with van der Waals surface area (Å²) in [6.45, 7) is 14.3. The minimum absolute atomic E-state index is 0.242. The summed E-state index contributed by atoms with van der Waals surface area (Å²) < 4.78 is 65.0. The van der Waals surface area contributed by atoms with Crippen LogP contribution in [0.1, 0.15) is 54.4 Å². The first-order valence-corrected chi connectivity index (χ1v) is 14.1. The molecule has 1 saturated carbocycles. The summed E-state index contributed by atoms with van der Waals surface area (Å²) in [7, 11) is 0.298. The number of aliphatic hydroxyl groups is 1. The second kappa shape index (κ2) is 9.07. The van der Waals surface area contributed by atoms with E-state index in [1.807, 2.05) is 33.9 Å². The minimum atomic E-state index is -4.18. The quantitative estimate of drug-likeness (QED) is 0.420. The van der Waals surface area contributed by atoms with Gasteiger partial charge in [-0.2, -0.15) is 8.78 Å². The minimum Gasteiger partial charge on any atom is -0.461 e. The van der Waals surface area contributed by atoms with Gasteiger partial charge < -0.3 is 33.2 Å². The highest BCUT2D eigenvalue weighted by molar-refractivity contribution is 6.74. The molecule has 1 aliphatic carbocycles. The molecule has 2 aliphatic rings. The van der Waals surface area contributed by atoms with Crippen molar-refractivity contribution in [3.05, 3.63) is 0 Å². The van der Waals surface area contributed by atoms with Gasteiger partial charge in [-0.15, -0.1) is 0 Å². The third-order valence-corrected chi connectivity index (χ3v) is 12.0. The predicted molar refractivity (Wildman–Crippen MR) is 118 cm³/mol. The monoisotopic (exact) mass is 498 g/mol. The largest absolute Gasteiger partial charge is 0.461 e. The molecule has 0 aromatic heterocycles. The van der Waals surface area contributed by atoms with Crippen LogP contribution in [0.3, 0.4) is 0 Å². The number of carbonyl (C=O) groups excluding carboxylic acids is 1. The molecule has 33 heavy (non-hydrogen) atoms. The number of ether oxygens (including phenoxy) is 5. The van der Waals surface area contributed by atoms with Gasteiger partial charge in [0, 0.05) is 27.1 Å². The summed E-state index contributed by atoms with van der Waals surface area (Å²) in [5.74, 6) is -8.82. The van der Waals surface area contributed by atoms with Crippen LogP contribution in [0.15, 0.2) is 0 Å². The van der Waals surface area contributed by atoms with E-state index in [1.54, 1.807) is 13.8 Å². The van der Waals surface area contributed by atoms with Crippen LogP contribution in [-0.2, 0) is 32.9 Å². The Morgan fingerprint density at radius 3 is 2.06 bits per heavy atom. The molecule has 1 aliphatic heterocycles. The lowest BCUT2D eigenvalue weighted by molar-refractivity contribution is -0.463. The highest BCUT2D eigenvalue weighted by Gasteiger charge is 2.69. The van der Waals surface area contributed by atoms with Crippen molar-refractivity contribution < 1.29 is 46.8 Å². The maximum atomic E-state index is 15.2. The van der Waals surface area contributed by atoms with Gasteiger partial charge in [0.25, 0.3) is 0 Å². The number of halogens is 2. The van der Waals surface area contributed by atoms with Gasteiger partial charge in [0.15, 0.2) is 8.32 Å². The average molecular weight is 499 g/mol. The van der Waals surface area contributed by atoms with Crippen LogP contribution in [0.2, 0.25) is 18.1 Å². The van der Waals surface area contributed by atoms with Crippen molar-refractivity contribution in [3.8, 4) is 0 Å². The molecule has 0 aromatic rings. The van der Waals surface area contributed by atoms with E-state index < -0.39 is 68.5 Å². The van der Waals surface area contributed by atoms with Crippen molar-refractivity contribution in [2.75, 3.05) is 20.8 Å². The topological polar surface area (TPSA) is 92.7 Å². The summed E-state index contributed by atoms with van der Waals surface area (Å²) in [5.41, 5.74) is -2.77. The molecule has 0 unspecified atom stereocenters. The fourth-order valence-electron chi connectivity index (χ4n) is 4.04.